The van der Waals surface area contributed by atoms with E-state index >= 15 is 0 Å². The van der Waals surface area contributed by atoms with E-state index in [1.807, 2.05) is 24.1 Å². The summed E-state index contributed by atoms with van der Waals surface area (Å²) in [4.78, 5) is 2.01. The van der Waals surface area contributed by atoms with E-state index in [0.717, 1.165) is 17.1 Å². The standard InChI is InChI=1S/C12H15ClN4O/c1-17(7-9-6-12(14)16-15-9)10-5-8(13)3-4-11(10)18-2/h3-6H,7H2,1-2H3,(H3,14,15,16). The summed E-state index contributed by atoms with van der Waals surface area (Å²) in [5, 5.41) is 7.43. The van der Waals surface area contributed by atoms with Gasteiger partial charge in [-0.1, -0.05) is 11.6 Å². The summed E-state index contributed by atoms with van der Waals surface area (Å²) in [5.41, 5.74) is 7.41. The fourth-order valence-corrected chi connectivity index (χ4v) is 1.93. The van der Waals surface area contributed by atoms with Gasteiger partial charge in [-0.15, -0.1) is 0 Å². The van der Waals surface area contributed by atoms with Gasteiger partial charge in [0, 0.05) is 18.1 Å². The molecule has 1 aromatic heterocycles. The Balaban J connectivity index is 2.22. The largest absolute Gasteiger partial charge is 0.495 e. The molecule has 0 saturated carbocycles. The average molecular weight is 267 g/mol. The number of rotatable bonds is 4. The van der Waals surface area contributed by atoms with Crippen LogP contribution in [0.1, 0.15) is 5.69 Å². The minimum absolute atomic E-state index is 0.483. The van der Waals surface area contributed by atoms with Gasteiger partial charge >= 0.3 is 0 Å². The van der Waals surface area contributed by atoms with E-state index in [1.165, 1.54) is 0 Å². The normalized spacial score (nSPS) is 10.4. The fraction of sp³-hybridized carbons (Fsp3) is 0.250. The number of aromatic nitrogens is 2. The summed E-state index contributed by atoms with van der Waals surface area (Å²) >= 11 is 6.00. The Bertz CT molecular complexity index is 541. The lowest BCUT2D eigenvalue weighted by molar-refractivity contribution is 0.414. The number of benzene rings is 1. The average Bonchev–Trinajstić information content (AvgIpc) is 2.74. The first-order valence-electron chi connectivity index (χ1n) is 5.44. The third-order valence-electron chi connectivity index (χ3n) is 2.61. The maximum Gasteiger partial charge on any atom is 0.145 e. The van der Waals surface area contributed by atoms with Crippen LogP contribution in [0, 0.1) is 0 Å². The summed E-state index contributed by atoms with van der Waals surface area (Å²) in [6.07, 6.45) is 0. The molecule has 0 amide bonds. The second-order valence-corrected chi connectivity index (χ2v) is 4.43. The van der Waals surface area contributed by atoms with Crippen molar-refractivity contribution >= 4 is 23.1 Å². The van der Waals surface area contributed by atoms with E-state index in [9.17, 15) is 0 Å². The first kappa shape index (κ1) is 12.6. The highest BCUT2D eigenvalue weighted by Gasteiger charge is 2.10. The number of methoxy groups -OCH3 is 1. The van der Waals surface area contributed by atoms with Crippen molar-refractivity contribution in [3.05, 3.63) is 35.0 Å². The summed E-state index contributed by atoms with van der Waals surface area (Å²) < 4.78 is 5.31. The number of anilines is 2. The molecule has 0 bridgehead atoms. The lowest BCUT2D eigenvalue weighted by Gasteiger charge is -2.21. The number of ether oxygens (including phenoxy) is 1. The van der Waals surface area contributed by atoms with Crippen LogP contribution in [0.15, 0.2) is 24.3 Å². The van der Waals surface area contributed by atoms with Crippen molar-refractivity contribution < 1.29 is 4.74 Å². The van der Waals surface area contributed by atoms with Crippen molar-refractivity contribution in [3.8, 4) is 5.75 Å². The lowest BCUT2D eigenvalue weighted by atomic mass is 10.2. The third-order valence-corrected chi connectivity index (χ3v) is 2.85. The number of nitrogens with two attached hydrogens (primary N) is 1. The van der Waals surface area contributed by atoms with E-state index < -0.39 is 0 Å². The highest BCUT2D eigenvalue weighted by Crippen LogP contribution is 2.31. The fourth-order valence-electron chi connectivity index (χ4n) is 1.76. The van der Waals surface area contributed by atoms with Gasteiger partial charge in [-0.05, 0) is 18.2 Å². The second-order valence-electron chi connectivity index (χ2n) is 3.99. The van der Waals surface area contributed by atoms with E-state index in [2.05, 4.69) is 10.2 Å². The molecule has 0 saturated heterocycles. The molecule has 1 aromatic carbocycles. The minimum Gasteiger partial charge on any atom is -0.495 e. The molecular formula is C12H15ClN4O. The number of hydrogen-bond acceptors (Lipinski definition) is 4. The molecule has 5 nitrogen and oxygen atoms in total. The van der Waals surface area contributed by atoms with Gasteiger partial charge in [-0.3, -0.25) is 5.10 Å². The zero-order chi connectivity index (χ0) is 13.1. The molecule has 0 aliphatic rings. The molecule has 0 atom stereocenters. The topological polar surface area (TPSA) is 67.2 Å². The number of nitrogen functional groups attached to an aromatic ring is 1. The van der Waals surface area contributed by atoms with Crippen LogP contribution in [0.4, 0.5) is 11.5 Å². The van der Waals surface area contributed by atoms with Gasteiger partial charge < -0.3 is 15.4 Å². The molecule has 0 aliphatic carbocycles. The highest BCUT2D eigenvalue weighted by molar-refractivity contribution is 6.30. The molecule has 2 aromatic rings. The summed E-state index contributed by atoms with van der Waals surface area (Å²) in [7, 11) is 3.58. The maximum atomic E-state index is 6.00. The quantitative estimate of drug-likeness (QED) is 0.891. The SMILES string of the molecule is COc1ccc(Cl)cc1N(C)Cc1cc(N)n[nH]1. The van der Waals surface area contributed by atoms with Crippen LogP contribution in [0.5, 0.6) is 5.75 Å². The molecule has 0 aliphatic heterocycles. The molecule has 0 fully saturated rings. The van der Waals surface area contributed by atoms with Crippen LogP contribution < -0.4 is 15.4 Å². The predicted octanol–water partition coefficient (Wildman–Crippen LogP) is 2.29. The minimum atomic E-state index is 0.483. The Morgan fingerprint density at radius 1 is 1.44 bits per heavy atom. The van der Waals surface area contributed by atoms with Crippen molar-refractivity contribution in [2.24, 2.45) is 0 Å². The smallest absolute Gasteiger partial charge is 0.145 e. The molecular weight excluding hydrogens is 252 g/mol. The van der Waals surface area contributed by atoms with Crippen LogP contribution in [0.2, 0.25) is 5.02 Å². The Morgan fingerprint density at radius 3 is 2.83 bits per heavy atom. The van der Waals surface area contributed by atoms with Gasteiger partial charge in [-0.25, -0.2) is 0 Å². The van der Waals surface area contributed by atoms with Crippen molar-refractivity contribution in [1.82, 2.24) is 10.2 Å². The van der Waals surface area contributed by atoms with Crippen LogP contribution in [-0.2, 0) is 6.54 Å². The summed E-state index contributed by atoms with van der Waals surface area (Å²) in [5.74, 6) is 1.26. The Labute approximate surface area is 110 Å². The number of H-pyrrole nitrogens is 1. The van der Waals surface area contributed by atoms with Crippen LogP contribution in [0.3, 0.4) is 0 Å². The Morgan fingerprint density at radius 2 is 2.22 bits per heavy atom. The molecule has 0 radical (unpaired) electrons. The summed E-state index contributed by atoms with van der Waals surface area (Å²) in [6.45, 7) is 0.640. The number of hydrogen-bond donors (Lipinski definition) is 2. The molecule has 3 N–H and O–H groups in total. The maximum absolute atomic E-state index is 6.00. The van der Waals surface area contributed by atoms with E-state index in [1.54, 1.807) is 19.2 Å². The van der Waals surface area contributed by atoms with Crippen LogP contribution >= 0.6 is 11.6 Å². The van der Waals surface area contributed by atoms with Crippen molar-refractivity contribution in [2.45, 2.75) is 6.54 Å². The van der Waals surface area contributed by atoms with Gasteiger partial charge in [0.1, 0.15) is 11.6 Å². The van der Waals surface area contributed by atoms with Gasteiger partial charge in [0.15, 0.2) is 0 Å². The van der Waals surface area contributed by atoms with Crippen LogP contribution in [-0.4, -0.2) is 24.4 Å². The third kappa shape index (κ3) is 2.68. The molecule has 96 valence electrons. The van der Waals surface area contributed by atoms with Crippen molar-refractivity contribution in [3.63, 3.8) is 0 Å². The lowest BCUT2D eigenvalue weighted by Crippen LogP contribution is -2.17. The van der Waals surface area contributed by atoms with Crippen molar-refractivity contribution in [2.75, 3.05) is 24.8 Å². The zero-order valence-corrected chi connectivity index (χ0v) is 11.0. The second kappa shape index (κ2) is 5.18. The zero-order valence-electron chi connectivity index (χ0n) is 10.3. The highest BCUT2D eigenvalue weighted by atomic mass is 35.5. The summed E-state index contributed by atoms with van der Waals surface area (Å²) in [6, 6.07) is 7.30. The van der Waals surface area contributed by atoms with E-state index in [0.29, 0.717) is 17.4 Å². The predicted molar refractivity (Wildman–Crippen MR) is 73.1 cm³/mol. The van der Waals surface area contributed by atoms with Gasteiger partial charge in [0.2, 0.25) is 0 Å². The first-order valence-corrected chi connectivity index (χ1v) is 5.82. The number of halogens is 1. The van der Waals surface area contributed by atoms with Gasteiger partial charge in [-0.2, -0.15) is 5.10 Å². The first-order chi connectivity index (χ1) is 8.60. The monoisotopic (exact) mass is 266 g/mol. The molecule has 18 heavy (non-hydrogen) atoms. The number of aromatic amines is 1. The van der Waals surface area contributed by atoms with Crippen molar-refractivity contribution in [1.29, 1.82) is 0 Å². The number of nitrogens with zero attached hydrogens (tertiary/aromatic N) is 2. The number of nitrogens with one attached hydrogen (secondary N) is 1. The molecule has 0 spiro atoms. The Hall–Kier alpha value is -1.88. The van der Waals surface area contributed by atoms with E-state index in [-0.39, 0.29) is 0 Å². The van der Waals surface area contributed by atoms with Crippen LogP contribution in [0.25, 0.3) is 0 Å². The molecule has 0 unspecified atom stereocenters. The molecule has 2 rings (SSSR count). The van der Waals surface area contributed by atoms with Gasteiger partial charge in [0.25, 0.3) is 0 Å². The van der Waals surface area contributed by atoms with Gasteiger partial charge in [0.05, 0.1) is 25.0 Å². The molecule has 1 heterocycles. The Kier molecular flexibility index (Phi) is 3.62. The molecule has 6 heteroatoms. The van der Waals surface area contributed by atoms with E-state index in [4.69, 9.17) is 22.1 Å².